The van der Waals surface area contributed by atoms with E-state index in [2.05, 4.69) is 30.5 Å². The van der Waals surface area contributed by atoms with Crippen LogP contribution in [0, 0.1) is 10.1 Å². The number of hydrogen-bond donors (Lipinski definition) is 3. The molecule has 3 heterocycles. The van der Waals surface area contributed by atoms with Crippen LogP contribution in [0.15, 0.2) is 23.7 Å². The molecule has 0 atom stereocenters. The number of nitro groups is 1. The van der Waals surface area contributed by atoms with Gasteiger partial charge in [-0.05, 0) is 11.4 Å². The van der Waals surface area contributed by atoms with Crippen LogP contribution in [0.3, 0.4) is 0 Å². The molecule has 0 radical (unpaired) electrons. The predicted octanol–water partition coefficient (Wildman–Crippen LogP) is 1.43. The van der Waals surface area contributed by atoms with Crippen molar-refractivity contribution in [2.24, 2.45) is 0 Å². The normalized spacial score (nSPS) is 10.5. The Labute approximate surface area is 127 Å². The number of nitrogen functional groups attached to an aromatic ring is 1. The van der Waals surface area contributed by atoms with Gasteiger partial charge < -0.3 is 11.1 Å². The van der Waals surface area contributed by atoms with E-state index in [1.54, 1.807) is 0 Å². The van der Waals surface area contributed by atoms with Crippen LogP contribution in [0.5, 0.6) is 0 Å². The van der Waals surface area contributed by atoms with Gasteiger partial charge in [-0.2, -0.15) is 10.1 Å². The quantitative estimate of drug-likeness (QED) is 0.472. The summed E-state index contributed by atoms with van der Waals surface area (Å²) >= 11 is 1.54. The van der Waals surface area contributed by atoms with Crippen LogP contribution >= 0.6 is 11.3 Å². The molecular weight excluding hydrogens is 308 g/mol. The van der Waals surface area contributed by atoms with Gasteiger partial charge in [-0.1, -0.05) is 6.07 Å². The average Bonchev–Trinajstić information content (AvgIpc) is 3.16. The summed E-state index contributed by atoms with van der Waals surface area (Å²) in [6, 6.07) is 3.84. The first-order chi connectivity index (χ1) is 10.6. The molecule has 3 aromatic heterocycles. The number of aromatic nitrogens is 5. The lowest BCUT2D eigenvalue weighted by Gasteiger charge is -2.02. The number of nitrogens with two attached hydrogens (primary N) is 1. The van der Waals surface area contributed by atoms with E-state index in [9.17, 15) is 10.1 Å². The van der Waals surface area contributed by atoms with E-state index in [-0.39, 0.29) is 24.0 Å². The Balaban J connectivity index is 1.68. The van der Waals surface area contributed by atoms with Crippen LogP contribution in [-0.2, 0) is 6.54 Å². The molecule has 112 valence electrons. The van der Waals surface area contributed by atoms with Gasteiger partial charge in [0, 0.05) is 0 Å². The molecule has 0 aromatic carbocycles. The molecule has 0 saturated heterocycles. The van der Waals surface area contributed by atoms with Gasteiger partial charge in [0.15, 0.2) is 5.82 Å². The second-order valence-electron chi connectivity index (χ2n) is 4.16. The smallest absolute Gasteiger partial charge is 0.329 e. The molecule has 0 spiro atoms. The highest BCUT2D eigenvalue weighted by Crippen LogP contribution is 2.21. The maximum absolute atomic E-state index is 10.6. The molecule has 10 nitrogen and oxygen atoms in total. The average molecular weight is 318 g/mol. The van der Waals surface area contributed by atoms with Crippen molar-refractivity contribution in [3.63, 3.8) is 0 Å². The molecule has 0 amide bonds. The maximum atomic E-state index is 10.6. The summed E-state index contributed by atoms with van der Waals surface area (Å²) in [5.74, 6) is 1.18. The molecule has 0 aliphatic rings. The van der Waals surface area contributed by atoms with E-state index in [4.69, 9.17) is 5.73 Å². The van der Waals surface area contributed by atoms with Crippen LogP contribution in [0.25, 0.3) is 10.7 Å². The number of hydrogen-bond acceptors (Lipinski definition) is 9. The summed E-state index contributed by atoms with van der Waals surface area (Å²) in [4.78, 5) is 22.9. The maximum Gasteiger partial charge on any atom is 0.329 e. The fourth-order valence-corrected chi connectivity index (χ4v) is 2.33. The van der Waals surface area contributed by atoms with E-state index in [1.165, 1.54) is 11.3 Å². The zero-order chi connectivity index (χ0) is 15.5. The first-order valence-electron chi connectivity index (χ1n) is 6.09. The van der Waals surface area contributed by atoms with Gasteiger partial charge in [0.2, 0.25) is 11.8 Å². The van der Waals surface area contributed by atoms with Gasteiger partial charge in [-0.25, -0.2) is 9.97 Å². The first kappa shape index (κ1) is 13.9. The van der Waals surface area contributed by atoms with Crippen LogP contribution in [0.2, 0.25) is 0 Å². The van der Waals surface area contributed by atoms with E-state index in [1.807, 2.05) is 17.5 Å². The Morgan fingerprint density at radius 2 is 2.32 bits per heavy atom. The largest absolute Gasteiger partial charge is 0.378 e. The van der Waals surface area contributed by atoms with Crippen LogP contribution in [-0.4, -0.2) is 30.1 Å². The molecule has 22 heavy (non-hydrogen) atoms. The molecule has 4 N–H and O–H groups in total. The molecule has 3 aromatic rings. The minimum atomic E-state index is -0.636. The zero-order valence-corrected chi connectivity index (χ0v) is 11.9. The lowest BCUT2D eigenvalue weighted by Crippen LogP contribution is -2.08. The highest BCUT2D eigenvalue weighted by Gasteiger charge is 2.14. The van der Waals surface area contributed by atoms with E-state index < -0.39 is 4.92 Å². The molecule has 11 heteroatoms. The van der Waals surface area contributed by atoms with Crippen molar-refractivity contribution in [2.75, 3.05) is 11.1 Å². The molecule has 0 aliphatic carbocycles. The molecular formula is C11H10N8O2S. The Hall–Kier alpha value is -3.08. The summed E-state index contributed by atoms with van der Waals surface area (Å²) in [5, 5.41) is 22.3. The predicted molar refractivity (Wildman–Crippen MR) is 80.1 cm³/mol. The molecule has 3 rings (SSSR count). The summed E-state index contributed by atoms with van der Waals surface area (Å²) in [6.45, 7) is 0.287. The third-order valence-electron chi connectivity index (χ3n) is 2.68. The molecule has 0 fully saturated rings. The number of thiophene rings is 1. The summed E-state index contributed by atoms with van der Waals surface area (Å²) in [6.07, 6.45) is 1.06. The highest BCUT2D eigenvalue weighted by molar-refractivity contribution is 7.13. The molecule has 0 aliphatic heterocycles. The number of anilines is 2. The second-order valence-corrected chi connectivity index (χ2v) is 5.11. The van der Waals surface area contributed by atoms with Crippen molar-refractivity contribution >= 4 is 28.8 Å². The van der Waals surface area contributed by atoms with Crippen molar-refractivity contribution in [3.8, 4) is 10.7 Å². The number of nitrogens with zero attached hydrogens (tertiary/aromatic N) is 5. The summed E-state index contributed by atoms with van der Waals surface area (Å²) in [5.41, 5.74) is 5.16. The SMILES string of the molecule is Nc1nc(NCc2nc(-c3cccs3)n[nH]2)ncc1[N+](=O)[O-]. The van der Waals surface area contributed by atoms with Gasteiger partial charge in [-0.3, -0.25) is 15.2 Å². The Morgan fingerprint density at radius 3 is 3.00 bits per heavy atom. The van der Waals surface area contributed by atoms with Gasteiger partial charge in [-0.15, -0.1) is 11.3 Å². The molecule has 0 bridgehead atoms. The van der Waals surface area contributed by atoms with E-state index in [0.29, 0.717) is 11.6 Å². The number of H-pyrrole nitrogens is 1. The second kappa shape index (κ2) is 5.73. The Bertz CT molecular complexity index is 800. The minimum absolute atomic E-state index is 0.178. The van der Waals surface area contributed by atoms with E-state index in [0.717, 1.165) is 11.1 Å². The lowest BCUT2D eigenvalue weighted by molar-refractivity contribution is -0.384. The van der Waals surface area contributed by atoms with Gasteiger partial charge in [0.1, 0.15) is 12.0 Å². The number of aromatic amines is 1. The van der Waals surface area contributed by atoms with Crippen molar-refractivity contribution in [1.29, 1.82) is 0 Å². The van der Waals surface area contributed by atoms with E-state index >= 15 is 0 Å². The molecule has 0 saturated carbocycles. The van der Waals surface area contributed by atoms with Crippen molar-refractivity contribution in [2.45, 2.75) is 6.54 Å². The van der Waals surface area contributed by atoms with Crippen LogP contribution in [0.1, 0.15) is 5.82 Å². The Kier molecular flexibility index (Phi) is 3.62. The summed E-state index contributed by atoms with van der Waals surface area (Å²) < 4.78 is 0. The van der Waals surface area contributed by atoms with Crippen molar-refractivity contribution in [1.82, 2.24) is 25.1 Å². The Morgan fingerprint density at radius 1 is 1.45 bits per heavy atom. The molecule has 0 unspecified atom stereocenters. The summed E-state index contributed by atoms with van der Waals surface area (Å²) in [7, 11) is 0. The van der Waals surface area contributed by atoms with Crippen LogP contribution in [0.4, 0.5) is 17.5 Å². The zero-order valence-electron chi connectivity index (χ0n) is 11.1. The first-order valence-corrected chi connectivity index (χ1v) is 6.97. The van der Waals surface area contributed by atoms with Crippen molar-refractivity contribution in [3.05, 3.63) is 39.6 Å². The fraction of sp³-hybridized carbons (Fsp3) is 0.0909. The van der Waals surface area contributed by atoms with Gasteiger partial charge in [0.05, 0.1) is 16.3 Å². The fourth-order valence-electron chi connectivity index (χ4n) is 1.67. The lowest BCUT2D eigenvalue weighted by atomic mass is 10.4. The van der Waals surface area contributed by atoms with Crippen LogP contribution < -0.4 is 11.1 Å². The number of nitrogens with one attached hydrogen (secondary N) is 2. The number of rotatable bonds is 5. The third-order valence-corrected chi connectivity index (χ3v) is 3.55. The minimum Gasteiger partial charge on any atom is -0.378 e. The third kappa shape index (κ3) is 2.83. The van der Waals surface area contributed by atoms with Gasteiger partial charge >= 0.3 is 5.69 Å². The topological polar surface area (TPSA) is 149 Å². The monoisotopic (exact) mass is 318 g/mol. The van der Waals surface area contributed by atoms with Gasteiger partial charge in [0.25, 0.3) is 0 Å². The highest BCUT2D eigenvalue weighted by atomic mass is 32.1. The standard InChI is InChI=1S/C11H10N8O2S/c12-9-6(19(20)21)4-13-11(16-9)14-5-8-15-10(18-17-8)7-2-1-3-22-7/h1-4H,5H2,(H,15,17,18)(H3,12,13,14,16). The van der Waals surface area contributed by atoms with Crippen molar-refractivity contribution < 1.29 is 4.92 Å².